The van der Waals surface area contributed by atoms with E-state index in [-0.39, 0.29) is 17.1 Å². The summed E-state index contributed by atoms with van der Waals surface area (Å²) in [6, 6.07) is 3.13. The van der Waals surface area contributed by atoms with E-state index in [1.807, 2.05) is 0 Å². The van der Waals surface area contributed by atoms with Gasteiger partial charge in [-0.2, -0.15) is 4.31 Å². The van der Waals surface area contributed by atoms with E-state index in [0.29, 0.717) is 26.1 Å². The molecule has 2 rings (SSSR count). The van der Waals surface area contributed by atoms with Crippen LogP contribution in [0.25, 0.3) is 0 Å². The summed E-state index contributed by atoms with van der Waals surface area (Å²) in [6.45, 7) is 0.724. The summed E-state index contributed by atoms with van der Waals surface area (Å²) in [5.74, 6) is -0.600. The first-order chi connectivity index (χ1) is 9.74. The molecular formula is C13H19FN2O4S. The molecule has 6 nitrogen and oxygen atoms in total. The molecule has 0 spiro atoms. The fourth-order valence-electron chi connectivity index (χ4n) is 2.33. The molecule has 1 heterocycles. The van der Waals surface area contributed by atoms with Gasteiger partial charge in [-0.3, -0.25) is 0 Å². The molecule has 0 aromatic heterocycles. The minimum atomic E-state index is -3.88. The zero-order valence-corrected chi connectivity index (χ0v) is 12.6. The number of hydrogen-bond acceptors (Lipinski definition) is 5. The lowest BCUT2D eigenvalue weighted by Crippen LogP contribution is -2.47. The third-order valence-corrected chi connectivity index (χ3v) is 5.48. The van der Waals surface area contributed by atoms with Crippen molar-refractivity contribution in [3.63, 3.8) is 0 Å². The summed E-state index contributed by atoms with van der Waals surface area (Å²) in [4.78, 5) is -0.165. The molecular weight excluding hydrogens is 299 g/mol. The smallest absolute Gasteiger partial charge is 0.244 e. The molecule has 1 saturated heterocycles. The zero-order valence-electron chi connectivity index (χ0n) is 11.8. The number of nitrogens with zero attached hydrogens (tertiary/aromatic N) is 1. The molecule has 0 unspecified atom stereocenters. The van der Waals surface area contributed by atoms with Crippen molar-refractivity contribution < 1.29 is 22.7 Å². The SMILES string of the molecule is CN(CC1(O)CCOCC1)S(=O)(=O)c1ccc(F)cc1N. The molecule has 0 radical (unpaired) electrons. The van der Waals surface area contributed by atoms with Crippen molar-refractivity contribution in [3.05, 3.63) is 24.0 Å². The molecule has 0 bridgehead atoms. The maximum atomic E-state index is 13.0. The molecule has 0 atom stereocenters. The molecule has 1 aromatic rings. The van der Waals surface area contributed by atoms with Crippen LogP contribution in [0.5, 0.6) is 0 Å². The first-order valence-corrected chi connectivity index (χ1v) is 8.00. The Morgan fingerprint density at radius 1 is 1.43 bits per heavy atom. The molecule has 0 saturated carbocycles. The monoisotopic (exact) mass is 318 g/mol. The van der Waals surface area contributed by atoms with Crippen molar-refractivity contribution in [2.45, 2.75) is 23.3 Å². The van der Waals surface area contributed by atoms with Gasteiger partial charge in [0.2, 0.25) is 10.0 Å². The number of nitrogens with two attached hydrogens (primary N) is 1. The molecule has 0 amide bonds. The highest BCUT2D eigenvalue weighted by molar-refractivity contribution is 7.89. The van der Waals surface area contributed by atoms with Crippen molar-refractivity contribution in [1.82, 2.24) is 4.31 Å². The van der Waals surface area contributed by atoms with Gasteiger partial charge in [0, 0.05) is 39.6 Å². The van der Waals surface area contributed by atoms with Crippen molar-refractivity contribution in [3.8, 4) is 0 Å². The molecule has 1 aromatic carbocycles. The maximum absolute atomic E-state index is 13.0. The highest BCUT2D eigenvalue weighted by atomic mass is 32.2. The maximum Gasteiger partial charge on any atom is 0.244 e. The van der Waals surface area contributed by atoms with E-state index >= 15 is 0 Å². The van der Waals surface area contributed by atoms with E-state index in [9.17, 15) is 17.9 Å². The lowest BCUT2D eigenvalue weighted by Gasteiger charge is -2.35. The van der Waals surface area contributed by atoms with Gasteiger partial charge in [0.05, 0.1) is 11.3 Å². The second-order valence-electron chi connectivity index (χ2n) is 5.28. The third-order valence-electron chi connectivity index (χ3n) is 3.60. The standard InChI is InChI=1S/C13H19FN2O4S/c1-16(9-13(17)4-6-20-7-5-13)21(18,19)12-3-2-10(14)8-11(12)15/h2-3,8,17H,4-7,9,15H2,1H3. The van der Waals surface area contributed by atoms with Gasteiger partial charge >= 0.3 is 0 Å². The van der Waals surface area contributed by atoms with Crippen LogP contribution >= 0.6 is 0 Å². The van der Waals surface area contributed by atoms with Gasteiger partial charge in [-0.15, -0.1) is 0 Å². The van der Waals surface area contributed by atoms with E-state index in [2.05, 4.69) is 0 Å². The van der Waals surface area contributed by atoms with Gasteiger partial charge in [-0.05, 0) is 18.2 Å². The van der Waals surface area contributed by atoms with E-state index in [0.717, 1.165) is 22.5 Å². The van der Waals surface area contributed by atoms with Gasteiger partial charge < -0.3 is 15.6 Å². The van der Waals surface area contributed by atoms with E-state index in [4.69, 9.17) is 10.5 Å². The van der Waals surface area contributed by atoms with Crippen molar-refractivity contribution in [1.29, 1.82) is 0 Å². The Morgan fingerprint density at radius 2 is 2.05 bits per heavy atom. The second-order valence-corrected chi connectivity index (χ2v) is 7.29. The van der Waals surface area contributed by atoms with Gasteiger partial charge in [0.25, 0.3) is 0 Å². The first kappa shape index (κ1) is 16.2. The third kappa shape index (κ3) is 3.52. The molecule has 1 fully saturated rings. The largest absolute Gasteiger partial charge is 0.398 e. The lowest BCUT2D eigenvalue weighted by molar-refractivity contribution is -0.0689. The van der Waals surface area contributed by atoms with E-state index < -0.39 is 21.4 Å². The number of nitrogen functional groups attached to an aromatic ring is 1. The molecule has 0 aliphatic carbocycles. The van der Waals surface area contributed by atoms with Gasteiger partial charge in [-0.1, -0.05) is 0 Å². The lowest BCUT2D eigenvalue weighted by atomic mass is 9.95. The number of halogens is 1. The molecule has 118 valence electrons. The predicted octanol–water partition coefficient (Wildman–Crippen LogP) is 0.570. The summed E-state index contributed by atoms with van der Waals surface area (Å²) in [7, 11) is -2.52. The van der Waals surface area contributed by atoms with Crippen LogP contribution < -0.4 is 5.73 Å². The number of benzene rings is 1. The van der Waals surface area contributed by atoms with Crippen LogP contribution in [-0.2, 0) is 14.8 Å². The first-order valence-electron chi connectivity index (χ1n) is 6.56. The van der Waals surface area contributed by atoms with E-state index in [1.54, 1.807) is 0 Å². The Labute approximate surface area is 123 Å². The molecule has 8 heteroatoms. The number of hydrogen-bond donors (Lipinski definition) is 2. The van der Waals surface area contributed by atoms with Crippen molar-refractivity contribution in [2.24, 2.45) is 0 Å². The molecule has 1 aliphatic heterocycles. The number of aliphatic hydroxyl groups is 1. The van der Waals surface area contributed by atoms with Gasteiger partial charge in [-0.25, -0.2) is 12.8 Å². The summed E-state index contributed by atoms with van der Waals surface area (Å²) >= 11 is 0. The van der Waals surface area contributed by atoms with Crippen LogP contribution in [0.15, 0.2) is 23.1 Å². The Hall–Kier alpha value is -1.22. The topological polar surface area (TPSA) is 92.9 Å². The fraction of sp³-hybridized carbons (Fsp3) is 0.538. The normalized spacial score (nSPS) is 18.9. The summed E-state index contributed by atoms with van der Waals surface area (Å²) in [5, 5.41) is 10.4. The Bertz CT molecular complexity index is 615. The second kappa shape index (κ2) is 5.88. The fourth-order valence-corrected chi connectivity index (χ4v) is 3.67. The van der Waals surface area contributed by atoms with Crippen LogP contribution in [0.3, 0.4) is 0 Å². The molecule has 1 aliphatic rings. The Balaban J connectivity index is 2.22. The van der Waals surface area contributed by atoms with Crippen LogP contribution in [0.1, 0.15) is 12.8 Å². The molecule has 3 N–H and O–H groups in total. The minimum absolute atomic E-state index is 0.0600. The van der Waals surface area contributed by atoms with Crippen molar-refractivity contribution >= 4 is 15.7 Å². The average Bonchev–Trinajstić information content (AvgIpc) is 2.38. The minimum Gasteiger partial charge on any atom is -0.398 e. The van der Waals surface area contributed by atoms with Crippen LogP contribution in [-0.4, -0.2) is 50.2 Å². The highest BCUT2D eigenvalue weighted by Gasteiger charge is 2.35. The summed E-state index contributed by atoms with van der Waals surface area (Å²) < 4.78 is 44.2. The molecule has 21 heavy (non-hydrogen) atoms. The van der Waals surface area contributed by atoms with Crippen molar-refractivity contribution in [2.75, 3.05) is 32.5 Å². The summed E-state index contributed by atoms with van der Waals surface area (Å²) in [5.41, 5.74) is 4.31. The van der Waals surface area contributed by atoms with Gasteiger partial charge in [0.1, 0.15) is 10.7 Å². The Kier molecular flexibility index (Phi) is 4.52. The van der Waals surface area contributed by atoms with Crippen LogP contribution in [0.2, 0.25) is 0 Å². The quantitative estimate of drug-likeness (QED) is 0.792. The van der Waals surface area contributed by atoms with Gasteiger partial charge in [0.15, 0.2) is 0 Å². The average molecular weight is 318 g/mol. The van der Waals surface area contributed by atoms with Crippen LogP contribution in [0.4, 0.5) is 10.1 Å². The highest BCUT2D eigenvalue weighted by Crippen LogP contribution is 2.26. The van der Waals surface area contributed by atoms with Crippen LogP contribution in [0, 0.1) is 5.82 Å². The number of rotatable bonds is 4. The number of ether oxygens (including phenoxy) is 1. The predicted molar refractivity (Wildman–Crippen MR) is 75.6 cm³/mol. The summed E-state index contributed by atoms with van der Waals surface area (Å²) in [6.07, 6.45) is 0.734. The Morgan fingerprint density at radius 3 is 2.62 bits per heavy atom. The number of anilines is 1. The van der Waals surface area contributed by atoms with E-state index in [1.165, 1.54) is 7.05 Å². The number of sulfonamides is 1. The number of likely N-dealkylation sites (N-methyl/N-ethyl adjacent to an activating group) is 1. The zero-order chi connectivity index (χ0) is 15.7.